The summed E-state index contributed by atoms with van der Waals surface area (Å²) in [5.41, 5.74) is 2.40. The van der Waals surface area contributed by atoms with Crippen molar-refractivity contribution in [3.05, 3.63) is 66.4 Å². The van der Waals surface area contributed by atoms with E-state index in [4.69, 9.17) is 9.47 Å². The molecular formula is C21H23NO3. The molecule has 130 valence electrons. The highest BCUT2D eigenvalue weighted by Gasteiger charge is 2.19. The van der Waals surface area contributed by atoms with Gasteiger partial charge in [-0.25, -0.2) is 4.79 Å². The average molecular weight is 337 g/mol. The number of aromatic nitrogens is 1. The molecule has 0 saturated heterocycles. The van der Waals surface area contributed by atoms with Crippen LogP contribution in [-0.2, 0) is 16.1 Å². The van der Waals surface area contributed by atoms with Gasteiger partial charge in [0.15, 0.2) is 6.10 Å². The Kier molecular flexibility index (Phi) is 5.39. The van der Waals surface area contributed by atoms with Crippen molar-refractivity contribution in [3.63, 3.8) is 0 Å². The van der Waals surface area contributed by atoms with Crippen molar-refractivity contribution >= 4 is 16.9 Å². The Morgan fingerprint density at radius 1 is 1.08 bits per heavy atom. The monoisotopic (exact) mass is 337 g/mol. The van der Waals surface area contributed by atoms with Gasteiger partial charge >= 0.3 is 5.97 Å². The summed E-state index contributed by atoms with van der Waals surface area (Å²) in [5.74, 6) is 0.372. The SMILES string of the molecule is CCOC(=O)C(CC)Oc1ccc2c(ccn2Cc2ccccc2)c1. The van der Waals surface area contributed by atoms with Gasteiger partial charge in [-0.2, -0.15) is 0 Å². The fraction of sp³-hybridized carbons (Fsp3) is 0.286. The molecule has 0 spiro atoms. The highest BCUT2D eigenvalue weighted by molar-refractivity contribution is 5.82. The zero-order valence-corrected chi connectivity index (χ0v) is 14.6. The maximum Gasteiger partial charge on any atom is 0.347 e. The first-order valence-electron chi connectivity index (χ1n) is 8.67. The zero-order chi connectivity index (χ0) is 17.6. The molecule has 25 heavy (non-hydrogen) atoms. The molecule has 0 radical (unpaired) electrons. The van der Waals surface area contributed by atoms with Crippen molar-refractivity contribution < 1.29 is 14.3 Å². The van der Waals surface area contributed by atoms with Crippen molar-refractivity contribution in [3.8, 4) is 5.75 Å². The number of carbonyl (C=O) groups is 1. The molecule has 2 aromatic carbocycles. The molecule has 0 saturated carbocycles. The topological polar surface area (TPSA) is 40.5 Å². The van der Waals surface area contributed by atoms with E-state index in [1.165, 1.54) is 5.56 Å². The van der Waals surface area contributed by atoms with Crippen molar-refractivity contribution in [2.24, 2.45) is 0 Å². The smallest absolute Gasteiger partial charge is 0.347 e. The molecule has 0 bridgehead atoms. The predicted molar refractivity (Wildman–Crippen MR) is 98.8 cm³/mol. The van der Waals surface area contributed by atoms with Crippen LogP contribution in [0, 0.1) is 0 Å². The molecule has 0 fully saturated rings. The van der Waals surface area contributed by atoms with E-state index in [0.29, 0.717) is 18.8 Å². The van der Waals surface area contributed by atoms with E-state index < -0.39 is 6.10 Å². The number of rotatable bonds is 7. The number of nitrogens with zero attached hydrogens (tertiary/aromatic N) is 1. The van der Waals surface area contributed by atoms with Crippen LogP contribution >= 0.6 is 0 Å². The van der Waals surface area contributed by atoms with Gasteiger partial charge in [0.05, 0.1) is 6.61 Å². The van der Waals surface area contributed by atoms with E-state index in [2.05, 4.69) is 29.0 Å². The lowest BCUT2D eigenvalue weighted by molar-refractivity contribution is -0.151. The van der Waals surface area contributed by atoms with Crippen LogP contribution in [0.25, 0.3) is 10.9 Å². The standard InChI is InChI=1S/C21H23NO3/c1-3-20(21(23)24-4-2)25-18-10-11-19-17(14-18)12-13-22(19)15-16-8-6-5-7-9-16/h5-14,20H,3-4,15H2,1-2H3. The van der Waals surface area contributed by atoms with Gasteiger partial charge in [0.25, 0.3) is 0 Å². The Bertz CT molecular complexity index is 839. The largest absolute Gasteiger partial charge is 0.479 e. The fourth-order valence-corrected chi connectivity index (χ4v) is 2.87. The number of ether oxygens (including phenoxy) is 2. The van der Waals surface area contributed by atoms with E-state index in [1.54, 1.807) is 6.92 Å². The number of carbonyl (C=O) groups excluding carboxylic acids is 1. The molecule has 1 unspecified atom stereocenters. The second-order valence-corrected chi connectivity index (χ2v) is 5.92. The number of hydrogen-bond donors (Lipinski definition) is 0. The third kappa shape index (κ3) is 4.02. The third-order valence-electron chi connectivity index (χ3n) is 4.14. The zero-order valence-electron chi connectivity index (χ0n) is 14.6. The molecule has 1 atom stereocenters. The molecule has 3 rings (SSSR count). The van der Waals surface area contributed by atoms with Gasteiger partial charge in [-0.05, 0) is 43.2 Å². The normalized spacial score (nSPS) is 12.1. The minimum atomic E-state index is -0.566. The fourth-order valence-electron chi connectivity index (χ4n) is 2.87. The van der Waals surface area contributed by atoms with Gasteiger partial charge < -0.3 is 14.0 Å². The van der Waals surface area contributed by atoms with Crippen molar-refractivity contribution in [1.82, 2.24) is 4.57 Å². The Labute approximate surface area is 148 Å². The van der Waals surface area contributed by atoms with Crippen LogP contribution < -0.4 is 4.74 Å². The number of hydrogen-bond acceptors (Lipinski definition) is 3. The summed E-state index contributed by atoms with van der Waals surface area (Å²) < 4.78 is 13.1. The van der Waals surface area contributed by atoms with E-state index >= 15 is 0 Å². The van der Waals surface area contributed by atoms with E-state index in [1.807, 2.05) is 43.3 Å². The molecule has 4 nitrogen and oxygen atoms in total. The number of esters is 1. The van der Waals surface area contributed by atoms with E-state index in [0.717, 1.165) is 17.4 Å². The summed E-state index contributed by atoms with van der Waals surface area (Å²) >= 11 is 0. The lowest BCUT2D eigenvalue weighted by Gasteiger charge is -2.16. The minimum Gasteiger partial charge on any atom is -0.479 e. The van der Waals surface area contributed by atoms with E-state index in [9.17, 15) is 4.79 Å². The molecule has 0 aliphatic rings. The van der Waals surface area contributed by atoms with Crippen LogP contribution in [0.3, 0.4) is 0 Å². The molecule has 0 amide bonds. The summed E-state index contributed by atoms with van der Waals surface area (Å²) in [6, 6.07) is 18.3. The first-order valence-corrected chi connectivity index (χ1v) is 8.67. The van der Waals surface area contributed by atoms with Gasteiger partial charge in [0, 0.05) is 23.6 Å². The molecule has 4 heteroatoms. The molecule has 0 aliphatic heterocycles. The summed E-state index contributed by atoms with van der Waals surface area (Å²) in [7, 11) is 0. The van der Waals surface area contributed by atoms with Crippen LogP contribution in [-0.4, -0.2) is 23.2 Å². The quantitative estimate of drug-likeness (QED) is 0.600. The molecular weight excluding hydrogens is 314 g/mol. The summed E-state index contributed by atoms with van der Waals surface area (Å²) in [4.78, 5) is 11.9. The second-order valence-electron chi connectivity index (χ2n) is 5.92. The van der Waals surface area contributed by atoms with Crippen LogP contribution in [0.1, 0.15) is 25.8 Å². The number of fused-ring (bicyclic) bond motifs is 1. The maximum absolute atomic E-state index is 11.9. The Morgan fingerprint density at radius 2 is 1.88 bits per heavy atom. The van der Waals surface area contributed by atoms with Crippen LogP contribution in [0.5, 0.6) is 5.75 Å². The molecule has 3 aromatic rings. The molecule has 1 heterocycles. The summed E-state index contributed by atoms with van der Waals surface area (Å²) in [6.45, 7) is 4.90. The van der Waals surface area contributed by atoms with Crippen LogP contribution in [0.2, 0.25) is 0 Å². The van der Waals surface area contributed by atoms with Gasteiger partial charge in [-0.15, -0.1) is 0 Å². The average Bonchev–Trinajstić information content (AvgIpc) is 3.03. The highest BCUT2D eigenvalue weighted by Crippen LogP contribution is 2.24. The summed E-state index contributed by atoms with van der Waals surface area (Å²) in [5, 5.41) is 1.09. The minimum absolute atomic E-state index is 0.313. The Balaban J connectivity index is 1.78. The highest BCUT2D eigenvalue weighted by atomic mass is 16.6. The first-order chi connectivity index (χ1) is 12.2. The second kappa shape index (κ2) is 7.88. The Hall–Kier alpha value is -2.75. The molecule has 0 N–H and O–H groups in total. The van der Waals surface area contributed by atoms with Crippen molar-refractivity contribution in [2.45, 2.75) is 32.9 Å². The maximum atomic E-state index is 11.9. The first kappa shape index (κ1) is 17.1. The van der Waals surface area contributed by atoms with Crippen LogP contribution in [0.15, 0.2) is 60.8 Å². The van der Waals surface area contributed by atoms with Gasteiger partial charge in [-0.3, -0.25) is 0 Å². The van der Waals surface area contributed by atoms with Crippen LogP contribution in [0.4, 0.5) is 0 Å². The molecule has 1 aromatic heterocycles. The van der Waals surface area contributed by atoms with Gasteiger partial charge in [0.2, 0.25) is 0 Å². The van der Waals surface area contributed by atoms with Crippen molar-refractivity contribution in [1.29, 1.82) is 0 Å². The van der Waals surface area contributed by atoms with E-state index in [-0.39, 0.29) is 5.97 Å². The third-order valence-corrected chi connectivity index (χ3v) is 4.14. The van der Waals surface area contributed by atoms with Crippen molar-refractivity contribution in [2.75, 3.05) is 6.61 Å². The van der Waals surface area contributed by atoms with Gasteiger partial charge in [0.1, 0.15) is 5.75 Å². The Morgan fingerprint density at radius 3 is 2.60 bits per heavy atom. The molecule has 0 aliphatic carbocycles. The predicted octanol–water partition coefficient (Wildman–Crippen LogP) is 4.41. The lowest BCUT2D eigenvalue weighted by atomic mass is 10.2. The van der Waals surface area contributed by atoms with Gasteiger partial charge in [-0.1, -0.05) is 37.3 Å². The number of benzene rings is 2. The lowest BCUT2D eigenvalue weighted by Crippen LogP contribution is -2.28. The summed E-state index contributed by atoms with van der Waals surface area (Å²) in [6.07, 6.45) is 2.08.